The zero-order valence-electron chi connectivity index (χ0n) is 17.1. The summed E-state index contributed by atoms with van der Waals surface area (Å²) in [7, 11) is 2.13. The van der Waals surface area contributed by atoms with E-state index in [1.54, 1.807) is 10.6 Å². The number of hydrogen-bond donors (Lipinski definition) is 1. The molecule has 4 rings (SSSR count). The van der Waals surface area contributed by atoms with Crippen LogP contribution in [0.25, 0.3) is 10.9 Å². The lowest BCUT2D eigenvalue weighted by atomic mass is 10.0. The number of carbonyl (C=O) groups is 1. The highest BCUT2D eigenvalue weighted by molar-refractivity contribution is 5.93. The molecule has 2 fully saturated rings. The summed E-state index contributed by atoms with van der Waals surface area (Å²) in [6, 6.07) is 3.75. The van der Waals surface area contributed by atoms with Gasteiger partial charge in [-0.2, -0.15) is 0 Å². The lowest BCUT2D eigenvalue weighted by Gasteiger charge is -2.40. The summed E-state index contributed by atoms with van der Waals surface area (Å²) in [6.45, 7) is 7.30. The Labute approximate surface area is 175 Å². The number of hydrogen-bond acceptors (Lipinski definition) is 4. The molecule has 6 nitrogen and oxygen atoms in total. The molecule has 0 amide bonds. The molecule has 2 unspecified atom stereocenters. The fourth-order valence-electron chi connectivity index (χ4n) is 4.59. The van der Waals surface area contributed by atoms with Gasteiger partial charge in [0.2, 0.25) is 5.43 Å². The predicted octanol–water partition coefficient (Wildman–Crippen LogP) is 3.30. The molecule has 29 heavy (non-hydrogen) atoms. The minimum atomic E-state index is -1.30. The van der Waals surface area contributed by atoms with Crippen LogP contribution in [0.5, 0.6) is 0 Å². The number of aromatic nitrogens is 1. The van der Waals surface area contributed by atoms with Crippen molar-refractivity contribution in [1.29, 1.82) is 0 Å². The fourth-order valence-corrected chi connectivity index (χ4v) is 4.59. The standard InChI is InChI=1S/C21H26FN3O3.ClH/c1-21(2,3)25-11-15(20(27)28)19(26)14-7-16(22)18(8-17(14)25)24-9-12-5-6-13(10-24)23(12)4;/h7-8,11-13H,5-6,9-10H2,1-4H3,(H,27,28);1H. The second kappa shape index (κ2) is 7.29. The number of pyridine rings is 1. The number of carboxylic acids is 1. The van der Waals surface area contributed by atoms with Crippen molar-refractivity contribution in [2.45, 2.75) is 51.2 Å². The predicted molar refractivity (Wildman–Crippen MR) is 114 cm³/mol. The van der Waals surface area contributed by atoms with Crippen LogP contribution in [0.3, 0.4) is 0 Å². The number of aromatic carboxylic acids is 1. The molecule has 2 bridgehead atoms. The number of piperazine rings is 1. The SMILES string of the molecule is CN1C2CCC1CN(c1cc3c(cc1F)c(=O)c(C(=O)O)cn3C(C)(C)C)C2.Cl. The summed E-state index contributed by atoms with van der Waals surface area (Å²) < 4.78 is 16.8. The molecule has 3 heterocycles. The molecule has 2 saturated heterocycles. The summed E-state index contributed by atoms with van der Waals surface area (Å²) in [5.41, 5.74) is -0.408. The zero-order valence-corrected chi connectivity index (χ0v) is 17.9. The van der Waals surface area contributed by atoms with Gasteiger partial charge >= 0.3 is 5.97 Å². The van der Waals surface area contributed by atoms with Crippen molar-refractivity contribution in [2.24, 2.45) is 0 Å². The molecule has 0 saturated carbocycles. The quantitative estimate of drug-likeness (QED) is 0.802. The largest absolute Gasteiger partial charge is 0.477 e. The van der Waals surface area contributed by atoms with Crippen molar-refractivity contribution >= 4 is 35.0 Å². The minimum Gasteiger partial charge on any atom is -0.477 e. The number of anilines is 1. The number of nitrogens with zero attached hydrogens (tertiary/aromatic N) is 3. The number of likely N-dealkylation sites (N-methyl/N-ethyl adjacent to an activating group) is 1. The van der Waals surface area contributed by atoms with E-state index in [1.165, 1.54) is 12.3 Å². The highest BCUT2D eigenvalue weighted by Gasteiger charge is 2.38. The van der Waals surface area contributed by atoms with Gasteiger partial charge < -0.3 is 14.6 Å². The lowest BCUT2D eigenvalue weighted by Crippen LogP contribution is -2.52. The Hall–Kier alpha value is -2.12. The zero-order chi connectivity index (χ0) is 20.4. The molecule has 2 atom stereocenters. The number of benzene rings is 1. The van der Waals surface area contributed by atoms with Gasteiger partial charge in [-0.25, -0.2) is 9.18 Å². The van der Waals surface area contributed by atoms with E-state index in [9.17, 15) is 14.7 Å². The highest BCUT2D eigenvalue weighted by atomic mass is 35.5. The Morgan fingerprint density at radius 2 is 1.76 bits per heavy atom. The van der Waals surface area contributed by atoms with Gasteiger partial charge in [0.1, 0.15) is 11.4 Å². The van der Waals surface area contributed by atoms with Crippen LogP contribution in [0.15, 0.2) is 23.1 Å². The van der Waals surface area contributed by atoms with Crippen molar-refractivity contribution in [3.05, 3.63) is 39.9 Å². The summed E-state index contributed by atoms with van der Waals surface area (Å²) in [5, 5.41) is 9.52. The molecular formula is C21H27ClFN3O3. The average Bonchev–Trinajstić information content (AvgIpc) is 2.81. The summed E-state index contributed by atoms with van der Waals surface area (Å²) in [6.07, 6.45) is 3.60. The van der Waals surface area contributed by atoms with Gasteiger partial charge in [0.15, 0.2) is 0 Å². The van der Waals surface area contributed by atoms with Gasteiger partial charge in [0.05, 0.1) is 11.2 Å². The number of halogens is 2. The molecule has 2 aliphatic rings. The van der Waals surface area contributed by atoms with Crippen molar-refractivity contribution in [2.75, 3.05) is 25.0 Å². The third-order valence-corrected chi connectivity index (χ3v) is 6.21. The Balaban J connectivity index is 0.00000240. The normalized spacial score (nSPS) is 22.0. The van der Waals surface area contributed by atoms with E-state index in [1.807, 2.05) is 20.8 Å². The molecule has 1 N–H and O–H groups in total. The lowest BCUT2D eigenvalue weighted by molar-refractivity contribution is 0.0694. The number of fused-ring (bicyclic) bond motifs is 3. The Kier molecular flexibility index (Phi) is 5.43. The van der Waals surface area contributed by atoms with Crippen LogP contribution in [-0.4, -0.2) is 52.8 Å². The van der Waals surface area contributed by atoms with Gasteiger partial charge in [-0.15, -0.1) is 12.4 Å². The van der Waals surface area contributed by atoms with E-state index in [2.05, 4.69) is 16.8 Å². The molecule has 0 radical (unpaired) electrons. The van der Waals surface area contributed by atoms with E-state index in [0.717, 1.165) is 25.9 Å². The van der Waals surface area contributed by atoms with Gasteiger partial charge in [-0.05, 0) is 52.8 Å². The smallest absolute Gasteiger partial charge is 0.341 e. The molecular weight excluding hydrogens is 397 g/mol. The van der Waals surface area contributed by atoms with E-state index in [4.69, 9.17) is 0 Å². The Morgan fingerprint density at radius 1 is 1.17 bits per heavy atom. The van der Waals surface area contributed by atoms with E-state index in [-0.39, 0.29) is 23.4 Å². The van der Waals surface area contributed by atoms with Gasteiger partial charge in [-0.1, -0.05) is 0 Å². The molecule has 1 aromatic carbocycles. The van der Waals surface area contributed by atoms with Crippen LogP contribution in [0.1, 0.15) is 44.0 Å². The molecule has 8 heteroatoms. The van der Waals surface area contributed by atoms with E-state index < -0.39 is 22.8 Å². The first-order chi connectivity index (χ1) is 13.1. The first kappa shape index (κ1) is 21.6. The second-order valence-electron chi connectivity index (χ2n) is 8.99. The first-order valence-electron chi connectivity index (χ1n) is 9.67. The highest BCUT2D eigenvalue weighted by Crippen LogP contribution is 2.34. The van der Waals surface area contributed by atoms with Crippen molar-refractivity contribution in [3.63, 3.8) is 0 Å². The topological polar surface area (TPSA) is 65.8 Å². The van der Waals surface area contributed by atoms with E-state index >= 15 is 4.39 Å². The van der Waals surface area contributed by atoms with Crippen molar-refractivity contribution in [3.8, 4) is 0 Å². The van der Waals surface area contributed by atoms with Crippen LogP contribution in [-0.2, 0) is 5.54 Å². The Bertz CT molecular complexity index is 1020. The third kappa shape index (κ3) is 3.51. The molecule has 0 aliphatic carbocycles. The maximum absolute atomic E-state index is 15.1. The van der Waals surface area contributed by atoms with E-state index in [0.29, 0.717) is 23.3 Å². The number of rotatable bonds is 2. The molecule has 0 spiro atoms. The van der Waals surface area contributed by atoms with Crippen LogP contribution in [0.2, 0.25) is 0 Å². The minimum absolute atomic E-state index is 0. The van der Waals surface area contributed by atoms with Crippen LogP contribution in [0.4, 0.5) is 10.1 Å². The van der Waals surface area contributed by atoms with Gasteiger partial charge in [-0.3, -0.25) is 9.69 Å². The third-order valence-electron chi connectivity index (χ3n) is 6.21. The van der Waals surface area contributed by atoms with Gasteiger partial charge in [0.25, 0.3) is 0 Å². The van der Waals surface area contributed by atoms with Crippen molar-refractivity contribution < 1.29 is 14.3 Å². The van der Waals surface area contributed by atoms with Crippen LogP contribution in [0, 0.1) is 5.82 Å². The Morgan fingerprint density at radius 3 is 2.28 bits per heavy atom. The maximum atomic E-state index is 15.1. The van der Waals surface area contributed by atoms with Gasteiger partial charge in [0, 0.05) is 42.3 Å². The summed E-state index contributed by atoms with van der Waals surface area (Å²) in [5.74, 6) is -1.78. The molecule has 2 aliphatic heterocycles. The monoisotopic (exact) mass is 423 g/mol. The summed E-state index contributed by atoms with van der Waals surface area (Å²) in [4.78, 5) is 28.6. The average molecular weight is 424 g/mol. The second-order valence-corrected chi connectivity index (χ2v) is 8.99. The maximum Gasteiger partial charge on any atom is 0.341 e. The molecule has 2 aromatic rings. The summed E-state index contributed by atoms with van der Waals surface area (Å²) >= 11 is 0. The molecule has 1 aromatic heterocycles. The fraction of sp³-hybridized carbons (Fsp3) is 0.524. The van der Waals surface area contributed by atoms with Crippen LogP contribution >= 0.6 is 12.4 Å². The molecule has 158 valence electrons. The van der Waals surface area contributed by atoms with Crippen LogP contribution < -0.4 is 10.3 Å². The van der Waals surface area contributed by atoms with Crippen molar-refractivity contribution in [1.82, 2.24) is 9.47 Å². The first-order valence-corrected chi connectivity index (χ1v) is 9.67. The number of carboxylic acid groups (broad SMARTS) is 1.